The molecule has 0 saturated carbocycles. The molecular weight excluding hydrogens is 258 g/mol. The SMILES string of the molecule is CC(C)(C(N)Cc1ccnc2ccccc12)N1CCCC1. The van der Waals surface area contributed by atoms with E-state index in [1.807, 2.05) is 12.3 Å². The Morgan fingerprint density at radius 2 is 1.90 bits per heavy atom. The second kappa shape index (κ2) is 5.74. The van der Waals surface area contributed by atoms with Crippen LogP contribution in [-0.2, 0) is 6.42 Å². The van der Waals surface area contributed by atoms with E-state index in [-0.39, 0.29) is 11.6 Å². The van der Waals surface area contributed by atoms with E-state index in [1.165, 1.54) is 36.9 Å². The van der Waals surface area contributed by atoms with E-state index in [1.54, 1.807) is 0 Å². The van der Waals surface area contributed by atoms with Crippen molar-refractivity contribution in [3.63, 3.8) is 0 Å². The first-order valence-corrected chi connectivity index (χ1v) is 7.92. The summed E-state index contributed by atoms with van der Waals surface area (Å²) >= 11 is 0. The number of hydrogen-bond acceptors (Lipinski definition) is 3. The van der Waals surface area contributed by atoms with E-state index in [2.05, 4.69) is 48.0 Å². The van der Waals surface area contributed by atoms with Crippen LogP contribution in [0.2, 0.25) is 0 Å². The normalized spacial score (nSPS) is 18.2. The van der Waals surface area contributed by atoms with Crippen molar-refractivity contribution >= 4 is 10.9 Å². The van der Waals surface area contributed by atoms with Crippen LogP contribution in [0.15, 0.2) is 36.5 Å². The van der Waals surface area contributed by atoms with Crippen molar-refractivity contribution in [2.45, 2.75) is 44.7 Å². The van der Waals surface area contributed by atoms with Gasteiger partial charge in [-0.15, -0.1) is 0 Å². The summed E-state index contributed by atoms with van der Waals surface area (Å²) in [5.41, 5.74) is 9.00. The second-order valence-electron chi connectivity index (χ2n) is 6.65. The summed E-state index contributed by atoms with van der Waals surface area (Å²) in [6.45, 7) is 6.92. The van der Waals surface area contributed by atoms with Crippen LogP contribution in [0.1, 0.15) is 32.3 Å². The molecule has 3 rings (SSSR count). The van der Waals surface area contributed by atoms with Gasteiger partial charge in [0.2, 0.25) is 0 Å². The number of rotatable bonds is 4. The van der Waals surface area contributed by atoms with Crippen molar-refractivity contribution < 1.29 is 0 Å². The molecule has 0 aliphatic carbocycles. The lowest BCUT2D eigenvalue weighted by atomic mass is 9.87. The summed E-state index contributed by atoms with van der Waals surface area (Å²) in [6.07, 6.45) is 5.39. The number of fused-ring (bicyclic) bond motifs is 1. The molecule has 112 valence electrons. The van der Waals surface area contributed by atoms with Gasteiger partial charge in [0.1, 0.15) is 0 Å². The molecule has 1 aliphatic heterocycles. The van der Waals surface area contributed by atoms with Crippen LogP contribution in [0.3, 0.4) is 0 Å². The fourth-order valence-electron chi connectivity index (χ4n) is 3.35. The lowest BCUT2D eigenvalue weighted by Gasteiger charge is -2.40. The van der Waals surface area contributed by atoms with Crippen LogP contribution in [0.25, 0.3) is 10.9 Å². The standard InChI is InChI=1S/C18H25N3/c1-18(2,21-11-5-6-12-21)17(19)13-14-9-10-20-16-8-4-3-7-15(14)16/h3-4,7-10,17H,5-6,11-13,19H2,1-2H3. The molecule has 1 aliphatic rings. The third kappa shape index (κ3) is 2.81. The predicted molar refractivity (Wildman–Crippen MR) is 88.3 cm³/mol. The zero-order valence-electron chi connectivity index (χ0n) is 13.0. The quantitative estimate of drug-likeness (QED) is 0.938. The molecule has 1 aromatic heterocycles. The minimum Gasteiger partial charge on any atom is -0.326 e. The minimum atomic E-state index is 0.0425. The highest BCUT2D eigenvalue weighted by molar-refractivity contribution is 5.81. The molecule has 21 heavy (non-hydrogen) atoms. The third-order valence-corrected chi connectivity index (χ3v) is 5.01. The number of benzene rings is 1. The van der Waals surface area contributed by atoms with Crippen molar-refractivity contribution in [1.82, 2.24) is 9.88 Å². The van der Waals surface area contributed by atoms with E-state index in [9.17, 15) is 0 Å². The van der Waals surface area contributed by atoms with Gasteiger partial charge in [-0.2, -0.15) is 0 Å². The molecule has 0 radical (unpaired) electrons. The summed E-state index contributed by atoms with van der Waals surface area (Å²) in [6, 6.07) is 10.6. The first-order chi connectivity index (χ1) is 10.1. The van der Waals surface area contributed by atoms with Crippen LogP contribution >= 0.6 is 0 Å². The highest BCUT2D eigenvalue weighted by Crippen LogP contribution is 2.26. The maximum absolute atomic E-state index is 6.59. The lowest BCUT2D eigenvalue weighted by Crippen LogP contribution is -2.55. The Bertz CT molecular complexity index is 609. The molecule has 1 fully saturated rings. The molecule has 3 heteroatoms. The summed E-state index contributed by atoms with van der Waals surface area (Å²) in [5, 5.41) is 1.23. The largest absolute Gasteiger partial charge is 0.326 e. The molecule has 1 unspecified atom stereocenters. The van der Waals surface area contributed by atoms with E-state index >= 15 is 0 Å². The first-order valence-electron chi connectivity index (χ1n) is 7.92. The van der Waals surface area contributed by atoms with E-state index in [0.29, 0.717) is 0 Å². The Morgan fingerprint density at radius 3 is 2.67 bits per heavy atom. The topological polar surface area (TPSA) is 42.1 Å². The molecule has 1 aromatic carbocycles. The molecular formula is C18H25N3. The van der Waals surface area contributed by atoms with Crippen molar-refractivity contribution in [3.8, 4) is 0 Å². The molecule has 3 nitrogen and oxygen atoms in total. The fourth-order valence-corrected chi connectivity index (χ4v) is 3.35. The van der Waals surface area contributed by atoms with Gasteiger partial charge in [0.05, 0.1) is 5.52 Å². The number of nitrogens with two attached hydrogens (primary N) is 1. The zero-order valence-corrected chi connectivity index (χ0v) is 13.0. The summed E-state index contributed by atoms with van der Waals surface area (Å²) in [4.78, 5) is 6.98. The van der Waals surface area contributed by atoms with Crippen molar-refractivity contribution in [3.05, 3.63) is 42.1 Å². The van der Waals surface area contributed by atoms with Gasteiger partial charge in [0.15, 0.2) is 0 Å². The molecule has 0 amide bonds. The Morgan fingerprint density at radius 1 is 1.19 bits per heavy atom. The number of pyridine rings is 1. The minimum absolute atomic E-state index is 0.0425. The number of nitrogens with zero attached hydrogens (tertiary/aromatic N) is 2. The number of aromatic nitrogens is 1. The highest BCUT2D eigenvalue weighted by atomic mass is 15.2. The zero-order chi connectivity index (χ0) is 14.9. The van der Waals surface area contributed by atoms with Gasteiger partial charge in [-0.3, -0.25) is 9.88 Å². The fraction of sp³-hybridized carbons (Fsp3) is 0.500. The maximum atomic E-state index is 6.59. The highest BCUT2D eigenvalue weighted by Gasteiger charge is 2.34. The van der Waals surface area contributed by atoms with Gasteiger partial charge in [0.25, 0.3) is 0 Å². The van der Waals surface area contributed by atoms with Gasteiger partial charge in [-0.05, 0) is 63.9 Å². The first kappa shape index (κ1) is 14.5. The van der Waals surface area contributed by atoms with Crippen molar-refractivity contribution in [2.75, 3.05) is 13.1 Å². The number of para-hydroxylation sites is 1. The second-order valence-corrected chi connectivity index (χ2v) is 6.65. The molecule has 1 atom stereocenters. The van der Waals surface area contributed by atoms with Crippen LogP contribution in [0, 0.1) is 0 Å². The van der Waals surface area contributed by atoms with Gasteiger partial charge in [0, 0.05) is 23.2 Å². The summed E-state index contributed by atoms with van der Waals surface area (Å²) < 4.78 is 0. The van der Waals surface area contributed by atoms with Crippen molar-refractivity contribution in [2.24, 2.45) is 5.73 Å². The number of likely N-dealkylation sites (tertiary alicyclic amines) is 1. The van der Waals surface area contributed by atoms with Gasteiger partial charge >= 0.3 is 0 Å². The van der Waals surface area contributed by atoms with Gasteiger partial charge < -0.3 is 5.73 Å². The van der Waals surface area contributed by atoms with E-state index < -0.39 is 0 Å². The van der Waals surface area contributed by atoms with E-state index in [4.69, 9.17) is 5.73 Å². The van der Waals surface area contributed by atoms with Gasteiger partial charge in [-0.25, -0.2) is 0 Å². The Balaban J connectivity index is 1.84. The average molecular weight is 283 g/mol. The van der Waals surface area contributed by atoms with E-state index in [0.717, 1.165) is 11.9 Å². The monoisotopic (exact) mass is 283 g/mol. The maximum Gasteiger partial charge on any atom is 0.0704 e. The molecule has 2 aromatic rings. The Kier molecular flexibility index (Phi) is 3.96. The molecule has 0 bridgehead atoms. The molecule has 1 saturated heterocycles. The Hall–Kier alpha value is -1.45. The number of hydrogen-bond donors (Lipinski definition) is 1. The summed E-state index contributed by atoms with van der Waals surface area (Å²) in [7, 11) is 0. The predicted octanol–water partition coefficient (Wildman–Crippen LogP) is 2.98. The Labute approximate surface area is 127 Å². The molecule has 2 N–H and O–H groups in total. The summed E-state index contributed by atoms with van der Waals surface area (Å²) in [5.74, 6) is 0. The average Bonchev–Trinajstić information content (AvgIpc) is 3.02. The molecule has 0 spiro atoms. The smallest absolute Gasteiger partial charge is 0.0704 e. The third-order valence-electron chi connectivity index (χ3n) is 5.01. The van der Waals surface area contributed by atoms with Gasteiger partial charge in [-0.1, -0.05) is 18.2 Å². The van der Waals surface area contributed by atoms with Crippen LogP contribution in [0.4, 0.5) is 0 Å². The van der Waals surface area contributed by atoms with Crippen LogP contribution < -0.4 is 5.73 Å². The molecule has 2 heterocycles. The van der Waals surface area contributed by atoms with Crippen LogP contribution in [0.5, 0.6) is 0 Å². The van der Waals surface area contributed by atoms with Crippen molar-refractivity contribution in [1.29, 1.82) is 0 Å². The lowest BCUT2D eigenvalue weighted by molar-refractivity contribution is 0.123. The van der Waals surface area contributed by atoms with Crippen LogP contribution in [-0.4, -0.2) is 34.6 Å².